The van der Waals surface area contributed by atoms with E-state index in [4.69, 9.17) is 5.26 Å². The third kappa shape index (κ3) is 2.26. The molecule has 0 amide bonds. The van der Waals surface area contributed by atoms with Gasteiger partial charge in [0.1, 0.15) is 11.8 Å². The summed E-state index contributed by atoms with van der Waals surface area (Å²) in [5, 5.41) is 8.95. The molecule has 0 aliphatic carbocycles. The van der Waals surface area contributed by atoms with Crippen LogP contribution in [0.5, 0.6) is 0 Å². The van der Waals surface area contributed by atoms with Gasteiger partial charge in [-0.05, 0) is 18.1 Å². The predicted molar refractivity (Wildman–Crippen MR) is 65.0 cm³/mol. The quantitative estimate of drug-likeness (QED) is 0.698. The lowest BCUT2D eigenvalue weighted by atomic mass is 10.1. The zero-order valence-corrected chi connectivity index (χ0v) is 9.09. The molecule has 0 aromatic heterocycles. The summed E-state index contributed by atoms with van der Waals surface area (Å²) in [5.41, 5.74) is 2.36. The monoisotopic (exact) mass is 208 g/mol. The summed E-state index contributed by atoms with van der Waals surface area (Å²) in [6, 6.07) is 12.0. The number of allylic oxidation sites excluding steroid dienone is 4. The van der Waals surface area contributed by atoms with Crippen LogP contribution in [-0.4, -0.2) is 5.71 Å². The van der Waals surface area contributed by atoms with Crippen molar-refractivity contribution in [3.63, 3.8) is 0 Å². The van der Waals surface area contributed by atoms with Crippen LogP contribution in [0.2, 0.25) is 0 Å². The van der Waals surface area contributed by atoms with Crippen molar-refractivity contribution >= 4 is 5.71 Å². The first-order chi connectivity index (χ1) is 7.79. The van der Waals surface area contributed by atoms with Crippen molar-refractivity contribution in [2.24, 2.45) is 10.9 Å². The van der Waals surface area contributed by atoms with E-state index in [2.05, 4.69) is 17.1 Å². The first-order valence-corrected chi connectivity index (χ1v) is 5.24. The van der Waals surface area contributed by atoms with E-state index in [9.17, 15) is 0 Å². The van der Waals surface area contributed by atoms with Gasteiger partial charge in [-0.2, -0.15) is 5.26 Å². The topological polar surface area (TPSA) is 36.1 Å². The molecule has 16 heavy (non-hydrogen) atoms. The molecule has 0 radical (unpaired) electrons. The Balaban J connectivity index is 2.43. The van der Waals surface area contributed by atoms with Crippen LogP contribution < -0.4 is 0 Å². The average Bonchev–Trinajstić information content (AvgIpc) is 2.52. The molecule has 0 spiro atoms. The third-order valence-corrected chi connectivity index (χ3v) is 2.40. The van der Waals surface area contributed by atoms with Crippen LogP contribution in [-0.2, 0) is 0 Å². The Hall–Kier alpha value is -2.14. The van der Waals surface area contributed by atoms with E-state index in [0.29, 0.717) is 5.70 Å². The van der Waals surface area contributed by atoms with Gasteiger partial charge in [0.15, 0.2) is 0 Å². The minimum atomic E-state index is 0.250. The fourth-order valence-electron chi connectivity index (χ4n) is 1.58. The number of aliphatic imine (C=N–C) groups is 1. The summed E-state index contributed by atoms with van der Waals surface area (Å²) in [5.74, 6) is 0.250. The maximum absolute atomic E-state index is 8.95. The number of benzene rings is 1. The molecule has 0 saturated heterocycles. The lowest BCUT2D eigenvalue weighted by molar-refractivity contribution is 0.934. The first-order valence-electron chi connectivity index (χ1n) is 5.24. The second kappa shape index (κ2) is 4.59. The van der Waals surface area contributed by atoms with E-state index in [1.54, 1.807) is 0 Å². The number of nitrogens with zero attached hydrogens (tertiary/aromatic N) is 2. The van der Waals surface area contributed by atoms with Crippen LogP contribution in [0.3, 0.4) is 0 Å². The maximum atomic E-state index is 8.95. The van der Waals surface area contributed by atoms with E-state index < -0.39 is 0 Å². The average molecular weight is 208 g/mol. The summed E-state index contributed by atoms with van der Waals surface area (Å²) in [6.45, 7) is 2.04. The molecule has 78 valence electrons. The molecule has 0 saturated carbocycles. The van der Waals surface area contributed by atoms with Crippen molar-refractivity contribution in [1.29, 1.82) is 5.26 Å². The van der Waals surface area contributed by atoms with E-state index in [1.165, 1.54) is 0 Å². The number of nitriles is 1. The lowest BCUT2D eigenvalue weighted by Crippen LogP contribution is -1.95. The van der Waals surface area contributed by atoms with Crippen LogP contribution in [0.1, 0.15) is 12.5 Å². The molecular formula is C14H12N2. The fraction of sp³-hybridized carbons (Fsp3) is 0.143. The highest BCUT2D eigenvalue weighted by molar-refractivity contribution is 6.09. The van der Waals surface area contributed by atoms with Gasteiger partial charge in [-0.25, -0.2) is 4.99 Å². The second-order valence-corrected chi connectivity index (χ2v) is 3.75. The van der Waals surface area contributed by atoms with Gasteiger partial charge in [0.05, 0.1) is 5.71 Å². The highest BCUT2D eigenvalue weighted by atomic mass is 14.8. The molecule has 2 nitrogen and oxygen atoms in total. The molecular weight excluding hydrogens is 196 g/mol. The third-order valence-electron chi connectivity index (χ3n) is 2.40. The molecule has 1 aliphatic rings. The highest BCUT2D eigenvalue weighted by Gasteiger charge is 2.06. The van der Waals surface area contributed by atoms with E-state index in [-0.39, 0.29) is 5.92 Å². The summed E-state index contributed by atoms with van der Waals surface area (Å²) < 4.78 is 0. The largest absolute Gasteiger partial charge is 0.237 e. The lowest BCUT2D eigenvalue weighted by Gasteiger charge is -1.99. The standard InChI is InChI=1S/C14H12N2/c1-11-7-8-14(16-13(9-11)10-15)12-5-3-2-4-6-12/h2-9,11H,1H3. The highest BCUT2D eigenvalue weighted by Crippen LogP contribution is 2.14. The van der Waals surface area contributed by atoms with Gasteiger partial charge in [0.25, 0.3) is 0 Å². The molecule has 1 atom stereocenters. The smallest absolute Gasteiger partial charge is 0.137 e. The molecule has 1 unspecified atom stereocenters. The van der Waals surface area contributed by atoms with E-state index in [0.717, 1.165) is 11.3 Å². The van der Waals surface area contributed by atoms with Crippen LogP contribution in [0.25, 0.3) is 0 Å². The van der Waals surface area contributed by atoms with Gasteiger partial charge < -0.3 is 0 Å². The summed E-state index contributed by atoms with van der Waals surface area (Å²) >= 11 is 0. The van der Waals surface area contributed by atoms with E-state index in [1.807, 2.05) is 49.4 Å². The van der Waals surface area contributed by atoms with Gasteiger partial charge in [0.2, 0.25) is 0 Å². The summed E-state index contributed by atoms with van der Waals surface area (Å²) in [7, 11) is 0. The molecule has 1 aromatic carbocycles. The number of hydrogen-bond donors (Lipinski definition) is 0. The Morgan fingerprint density at radius 2 is 2.00 bits per heavy atom. The van der Waals surface area contributed by atoms with Gasteiger partial charge in [0, 0.05) is 5.56 Å². The maximum Gasteiger partial charge on any atom is 0.137 e. The summed E-state index contributed by atoms with van der Waals surface area (Å²) in [6.07, 6.45) is 5.89. The molecule has 1 heterocycles. The van der Waals surface area contributed by atoms with Crippen LogP contribution in [0, 0.1) is 17.2 Å². The minimum Gasteiger partial charge on any atom is -0.237 e. The minimum absolute atomic E-state index is 0.250. The van der Waals surface area contributed by atoms with Crippen molar-refractivity contribution in [2.75, 3.05) is 0 Å². The van der Waals surface area contributed by atoms with Gasteiger partial charge in [-0.1, -0.05) is 43.3 Å². The van der Waals surface area contributed by atoms with Gasteiger partial charge >= 0.3 is 0 Å². The second-order valence-electron chi connectivity index (χ2n) is 3.75. The molecule has 0 bridgehead atoms. The molecule has 2 rings (SSSR count). The molecule has 2 heteroatoms. The van der Waals surface area contributed by atoms with Crippen LogP contribution >= 0.6 is 0 Å². The molecule has 0 N–H and O–H groups in total. The zero-order valence-electron chi connectivity index (χ0n) is 9.09. The normalized spacial score (nSPS) is 19.4. The predicted octanol–water partition coefficient (Wildman–Crippen LogP) is 3.09. The van der Waals surface area contributed by atoms with Crippen LogP contribution in [0.15, 0.2) is 59.2 Å². The molecule has 0 fully saturated rings. The fourth-order valence-corrected chi connectivity index (χ4v) is 1.58. The SMILES string of the molecule is CC1C=CC(c2ccccc2)=NC(C#N)=C1. The summed E-state index contributed by atoms with van der Waals surface area (Å²) in [4.78, 5) is 4.34. The number of hydrogen-bond acceptors (Lipinski definition) is 2. The van der Waals surface area contributed by atoms with Crippen molar-refractivity contribution in [2.45, 2.75) is 6.92 Å². The zero-order chi connectivity index (χ0) is 11.4. The van der Waals surface area contributed by atoms with Gasteiger partial charge in [-0.15, -0.1) is 0 Å². The van der Waals surface area contributed by atoms with E-state index >= 15 is 0 Å². The Morgan fingerprint density at radius 1 is 1.25 bits per heavy atom. The van der Waals surface area contributed by atoms with Gasteiger partial charge in [-0.3, -0.25) is 0 Å². The van der Waals surface area contributed by atoms with Crippen molar-refractivity contribution in [3.8, 4) is 6.07 Å². The molecule has 1 aliphatic heterocycles. The Morgan fingerprint density at radius 3 is 2.69 bits per heavy atom. The van der Waals surface area contributed by atoms with Crippen LogP contribution in [0.4, 0.5) is 0 Å². The van der Waals surface area contributed by atoms with Crippen molar-refractivity contribution in [1.82, 2.24) is 0 Å². The van der Waals surface area contributed by atoms with Crippen molar-refractivity contribution in [3.05, 3.63) is 59.8 Å². The van der Waals surface area contributed by atoms with Crippen molar-refractivity contribution < 1.29 is 0 Å². The molecule has 1 aromatic rings. The Bertz CT molecular complexity index is 501. The number of rotatable bonds is 1. The Kier molecular flexibility index (Phi) is 2.98. The Labute approximate surface area is 95.3 Å². The first kappa shape index (κ1) is 10.4.